The Morgan fingerprint density at radius 2 is 0.950 bits per heavy atom. The van der Waals surface area contributed by atoms with Crippen LogP contribution in [0, 0.1) is 0 Å². The van der Waals surface area contributed by atoms with Crippen molar-refractivity contribution in [2.24, 2.45) is 0 Å². The summed E-state index contributed by atoms with van der Waals surface area (Å²) in [5.41, 5.74) is 0. The Balaban J connectivity index is 2.48. The molecule has 0 aromatic carbocycles. The molecule has 60 heavy (non-hydrogen) atoms. The summed E-state index contributed by atoms with van der Waals surface area (Å²) >= 11 is 0. The van der Waals surface area contributed by atoms with Gasteiger partial charge in [-0.1, -0.05) is 199 Å². The molecule has 0 bridgehead atoms. The summed E-state index contributed by atoms with van der Waals surface area (Å²) < 4.78 is 22.9. The quantitative estimate of drug-likeness (QED) is 0.0161. The first-order valence-corrected chi connectivity index (χ1v) is 25.7. The van der Waals surface area contributed by atoms with Crippen LogP contribution in [-0.2, 0) is 18.4 Å². The van der Waals surface area contributed by atoms with Crippen molar-refractivity contribution in [3.63, 3.8) is 0 Å². The highest BCUT2D eigenvalue weighted by atomic mass is 31.2. The molecule has 8 atom stereocenters. The molecule has 1 rings (SSSR count). The van der Waals surface area contributed by atoms with E-state index in [2.05, 4.69) is 19.2 Å². The number of nitrogens with one attached hydrogen (secondary N) is 1. The largest absolute Gasteiger partial charge is 0.472 e. The van der Waals surface area contributed by atoms with Gasteiger partial charge in [0.1, 0.15) is 36.6 Å². The fraction of sp³-hybridized carbons (Fsp3) is 0.935. The number of amides is 1. The molecular weight excluding hydrogens is 789 g/mol. The van der Waals surface area contributed by atoms with Gasteiger partial charge < -0.3 is 46.0 Å². The molecular formula is C46H90NO12P. The van der Waals surface area contributed by atoms with Crippen LogP contribution in [0.4, 0.5) is 0 Å². The van der Waals surface area contributed by atoms with Crippen LogP contribution in [0.3, 0.4) is 0 Å². The van der Waals surface area contributed by atoms with E-state index in [4.69, 9.17) is 9.05 Å². The topological polar surface area (TPSA) is 226 Å². The summed E-state index contributed by atoms with van der Waals surface area (Å²) in [5.74, 6) is -0.590. The van der Waals surface area contributed by atoms with E-state index >= 15 is 0 Å². The number of phosphoric acid groups is 1. The molecule has 0 aliphatic heterocycles. The molecule has 9 N–H and O–H groups in total. The van der Waals surface area contributed by atoms with E-state index in [-0.39, 0.29) is 6.42 Å². The van der Waals surface area contributed by atoms with Crippen molar-refractivity contribution >= 4 is 13.7 Å². The summed E-state index contributed by atoms with van der Waals surface area (Å²) in [6.45, 7) is 3.74. The second kappa shape index (κ2) is 36.4. The van der Waals surface area contributed by atoms with Crippen molar-refractivity contribution in [2.45, 2.75) is 268 Å². The Bertz CT molecular complexity index is 1090. The number of hydrogen-bond acceptors (Lipinski definition) is 11. The van der Waals surface area contributed by atoms with Crippen molar-refractivity contribution in [3.8, 4) is 0 Å². The molecule has 1 saturated carbocycles. The monoisotopic (exact) mass is 880 g/mol. The molecule has 356 valence electrons. The van der Waals surface area contributed by atoms with Crippen molar-refractivity contribution < 1.29 is 59.0 Å². The first-order valence-electron chi connectivity index (χ1n) is 24.2. The molecule has 1 fully saturated rings. The molecule has 1 aliphatic rings. The summed E-state index contributed by atoms with van der Waals surface area (Å²) in [6, 6.07) is -1.23. The predicted molar refractivity (Wildman–Crippen MR) is 238 cm³/mol. The van der Waals surface area contributed by atoms with Crippen LogP contribution in [0.25, 0.3) is 0 Å². The third kappa shape index (κ3) is 28.0. The van der Waals surface area contributed by atoms with E-state index in [0.717, 1.165) is 44.9 Å². The molecule has 1 aliphatic carbocycles. The highest BCUT2D eigenvalue weighted by Crippen LogP contribution is 2.47. The van der Waals surface area contributed by atoms with Gasteiger partial charge in [0.05, 0.1) is 31.3 Å². The van der Waals surface area contributed by atoms with E-state index in [1.807, 2.05) is 0 Å². The zero-order valence-corrected chi connectivity index (χ0v) is 38.5. The first-order chi connectivity index (χ1) is 28.8. The van der Waals surface area contributed by atoms with Crippen LogP contribution in [0.2, 0.25) is 0 Å². The smallest absolute Gasteiger partial charge is 0.393 e. The summed E-state index contributed by atoms with van der Waals surface area (Å²) in [6.07, 6.45) is 24.5. The van der Waals surface area contributed by atoms with Gasteiger partial charge in [-0.25, -0.2) is 4.57 Å². The minimum Gasteiger partial charge on any atom is -0.393 e. The van der Waals surface area contributed by atoms with E-state index < -0.39 is 75.2 Å². The van der Waals surface area contributed by atoms with Crippen molar-refractivity contribution in [1.82, 2.24) is 5.32 Å². The lowest BCUT2D eigenvalue weighted by Crippen LogP contribution is -2.64. The lowest BCUT2D eigenvalue weighted by molar-refractivity contribution is -0.220. The molecule has 0 aromatic heterocycles. The van der Waals surface area contributed by atoms with Crippen LogP contribution in [0.15, 0.2) is 12.2 Å². The Morgan fingerprint density at radius 1 is 0.583 bits per heavy atom. The van der Waals surface area contributed by atoms with Gasteiger partial charge in [-0.05, 0) is 19.3 Å². The molecule has 8 unspecified atom stereocenters. The van der Waals surface area contributed by atoms with Gasteiger partial charge in [0.2, 0.25) is 5.91 Å². The lowest BCUT2D eigenvalue weighted by Gasteiger charge is -2.41. The number of phosphoric ester groups is 1. The molecule has 0 spiro atoms. The molecule has 0 heterocycles. The molecule has 1 amide bonds. The normalized spacial score (nSPS) is 23.4. The first kappa shape index (κ1) is 57.1. The van der Waals surface area contributed by atoms with Gasteiger partial charge in [0.15, 0.2) is 0 Å². The average Bonchev–Trinajstić information content (AvgIpc) is 3.22. The maximum absolute atomic E-state index is 13.0. The van der Waals surface area contributed by atoms with E-state index in [1.165, 1.54) is 141 Å². The zero-order valence-electron chi connectivity index (χ0n) is 37.6. The number of rotatable bonds is 40. The lowest BCUT2D eigenvalue weighted by atomic mass is 9.85. The van der Waals surface area contributed by atoms with Crippen molar-refractivity contribution in [2.75, 3.05) is 6.61 Å². The Hall–Kier alpha value is -0.960. The van der Waals surface area contributed by atoms with E-state index in [9.17, 15) is 50.0 Å². The summed E-state index contributed by atoms with van der Waals surface area (Å²) in [7, 11) is -5.13. The van der Waals surface area contributed by atoms with Crippen LogP contribution < -0.4 is 5.32 Å². The Morgan fingerprint density at radius 3 is 1.37 bits per heavy atom. The predicted octanol–water partition coefficient (Wildman–Crippen LogP) is 8.20. The van der Waals surface area contributed by atoms with Crippen LogP contribution in [0.1, 0.15) is 213 Å². The third-order valence-corrected chi connectivity index (χ3v) is 12.9. The summed E-state index contributed by atoms with van der Waals surface area (Å²) in [4.78, 5) is 23.4. The molecule has 0 aromatic rings. The van der Waals surface area contributed by atoms with Crippen LogP contribution in [0.5, 0.6) is 0 Å². The molecule has 14 heteroatoms. The van der Waals surface area contributed by atoms with Crippen molar-refractivity contribution in [3.05, 3.63) is 12.2 Å². The van der Waals surface area contributed by atoms with E-state index in [0.29, 0.717) is 12.8 Å². The minimum absolute atomic E-state index is 0.240. The Kier molecular flexibility index (Phi) is 34.6. The van der Waals surface area contributed by atoms with Gasteiger partial charge in [0, 0.05) is 0 Å². The standard InChI is InChI=1S/C46H90NO12P/c1-3-5-7-9-11-13-15-17-18-19-20-21-22-23-25-27-29-31-33-37(48)35-40(50)47-38(39(49)34-32-30-28-26-24-16-14-12-10-8-6-4-2)36-58-60(56,57)59-46-44(54)42(52)41(51)43(53)45(46)55/h32,34,37-39,41-46,48-49,51-55H,3-31,33,35-36H2,1-2H3,(H,47,50)(H,56,57)/b34-32+. The minimum atomic E-state index is -5.13. The maximum Gasteiger partial charge on any atom is 0.472 e. The number of hydrogen-bond donors (Lipinski definition) is 9. The maximum atomic E-state index is 13.0. The second-order valence-electron chi connectivity index (χ2n) is 17.5. The summed E-state index contributed by atoms with van der Waals surface area (Å²) in [5, 5.41) is 74.4. The van der Waals surface area contributed by atoms with Gasteiger partial charge in [-0.2, -0.15) is 0 Å². The fourth-order valence-corrected chi connectivity index (χ4v) is 8.86. The average molecular weight is 880 g/mol. The number of carbonyl (C=O) groups excluding carboxylic acids is 1. The van der Waals surface area contributed by atoms with Gasteiger partial charge in [-0.3, -0.25) is 13.8 Å². The number of allylic oxidation sites excluding steroid dienone is 1. The Labute approximate surface area is 363 Å². The zero-order chi connectivity index (χ0) is 44.4. The molecule has 0 saturated heterocycles. The van der Waals surface area contributed by atoms with Gasteiger partial charge in [-0.15, -0.1) is 0 Å². The number of aliphatic hydroxyl groups is 7. The van der Waals surface area contributed by atoms with E-state index in [1.54, 1.807) is 6.08 Å². The SMILES string of the molecule is CCCCCCCCCCCC/C=C/C(O)C(COP(=O)(O)OC1C(O)C(O)C(O)C(O)C1O)NC(=O)CC(O)CCCCCCCCCCCCCCCCCCCC. The number of unbranched alkanes of at least 4 members (excludes halogenated alkanes) is 27. The van der Waals surface area contributed by atoms with Crippen LogP contribution >= 0.6 is 7.82 Å². The van der Waals surface area contributed by atoms with Gasteiger partial charge >= 0.3 is 7.82 Å². The number of aliphatic hydroxyl groups excluding tert-OH is 7. The molecule has 0 radical (unpaired) electrons. The number of carbonyl (C=O) groups is 1. The van der Waals surface area contributed by atoms with Gasteiger partial charge in [0.25, 0.3) is 0 Å². The third-order valence-electron chi connectivity index (χ3n) is 11.9. The van der Waals surface area contributed by atoms with Crippen molar-refractivity contribution in [1.29, 1.82) is 0 Å². The highest BCUT2D eigenvalue weighted by molar-refractivity contribution is 7.47. The second-order valence-corrected chi connectivity index (χ2v) is 18.9. The molecule has 13 nitrogen and oxygen atoms in total. The highest BCUT2D eigenvalue weighted by Gasteiger charge is 2.51. The fourth-order valence-electron chi connectivity index (χ4n) is 7.89. The van der Waals surface area contributed by atoms with Crippen LogP contribution in [-0.4, -0.2) is 108 Å².